The number of aliphatic hydroxyl groups is 1. The minimum Gasteiger partial charge on any atom is -0.491 e. The fraction of sp³-hybridized carbons (Fsp3) is 0.340. The van der Waals surface area contributed by atoms with Crippen LogP contribution in [0.4, 0.5) is 5.69 Å². The van der Waals surface area contributed by atoms with Crippen LogP contribution in [0.1, 0.15) is 83.7 Å². The van der Waals surface area contributed by atoms with Crippen LogP contribution in [-0.2, 0) is 31.1 Å². The van der Waals surface area contributed by atoms with Crippen LogP contribution in [-0.4, -0.2) is 83.5 Å². The predicted molar refractivity (Wildman–Crippen MR) is 241 cm³/mol. The molecule has 0 aromatic heterocycles. The lowest BCUT2D eigenvalue weighted by Crippen LogP contribution is -2.55. The Morgan fingerprint density at radius 1 is 0.810 bits per heavy atom. The molecule has 5 aromatic carbocycles. The first-order valence-corrected chi connectivity index (χ1v) is 22.3. The van der Waals surface area contributed by atoms with Crippen LogP contribution in [0.3, 0.4) is 0 Å². The Balaban J connectivity index is 1.26. The van der Waals surface area contributed by atoms with Gasteiger partial charge in [-0.25, -0.2) is 0 Å². The van der Waals surface area contributed by atoms with Crippen LogP contribution >= 0.6 is 0 Å². The average molecular weight is 843 g/mol. The third kappa shape index (κ3) is 8.13. The van der Waals surface area contributed by atoms with Crippen LogP contribution < -0.4 is 10.1 Å². The van der Waals surface area contributed by atoms with Crippen molar-refractivity contribution >= 4 is 23.5 Å². The molecule has 0 unspecified atom stereocenters. The van der Waals surface area contributed by atoms with Crippen LogP contribution in [0.5, 0.6) is 5.75 Å². The van der Waals surface area contributed by atoms with Crippen molar-refractivity contribution in [3.63, 3.8) is 0 Å². The van der Waals surface area contributed by atoms with Gasteiger partial charge in [0.2, 0.25) is 11.8 Å². The van der Waals surface area contributed by atoms with Crippen molar-refractivity contribution in [3.05, 3.63) is 167 Å². The summed E-state index contributed by atoms with van der Waals surface area (Å²) in [6.45, 7) is 2.21. The molecular weight excluding hydrogens is 789 g/mol. The number of fused-ring (bicyclic) bond motifs is 3. The maximum atomic E-state index is 15.9. The van der Waals surface area contributed by atoms with Gasteiger partial charge in [-0.1, -0.05) is 134 Å². The highest BCUT2D eigenvalue weighted by molar-refractivity contribution is 6.12. The summed E-state index contributed by atoms with van der Waals surface area (Å²) in [4.78, 5) is 53.0. The molecule has 0 saturated carbocycles. The molecule has 2 amide bonds. The Hall–Kier alpha value is -6.25. The van der Waals surface area contributed by atoms with E-state index in [2.05, 4.69) is 39.1 Å². The second-order valence-corrected chi connectivity index (χ2v) is 17.2. The number of ether oxygens (including phenoxy) is 2. The highest BCUT2D eigenvalue weighted by Gasteiger charge is 2.74. The van der Waals surface area contributed by atoms with Crippen molar-refractivity contribution in [2.75, 3.05) is 45.2 Å². The van der Waals surface area contributed by atoms with Gasteiger partial charge in [-0.3, -0.25) is 24.2 Å². The molecule has 4 aliphatic heterocycles. The van der Waals surface area contributed by atoms with Gasteiger partial charge in [-0.05, 0) is 78.0 Å². The second-order valence-electron chi connectivity index (χ2n) is 17.2. The molecular formula is C53H54N4O6. The van der Waals surface area contributed by atoms with E-state index >= 15 is 14.4 Å². The molecule has 2 N–H and O–H groups in total. The fourth-order valence-electron chi connectivity index (χ4n) is 10.5. The number of esters is 1. The molecule has 63 heavy (non-hydrogen) atoms. The van der Waals surface area contributed by atoms with Crippen LogP contribution in [0.25, 0.3) is 0 Å². The number of nitrogens with zero attached hydrogens (tertiary/aromatic N) is 3. The summed E-state index contributed by atoms with van der Waals surface area (Å²) in [5.41, 5.74) is 3.86. The van der Waals surface area contributed by atoms with E-state index in [-0.39, 0.29) is 25.0 Å². The number of benzene rings is 5. The summed E-state index contributed by atoms with van der Waals surface area (Å²) in [7, 11) is 2.03. The summed E-state index contributed by atoms with van der Waals surface area (Å²) in [5, 5.41) is 13.0. The van der Waals surface area contributed by atoms with Gasteiger partial charge in [0, 0.05) is 30.9 Å². The van der Waals surface area contributed by atoms with Gasteiger partial charge in [0.1, 0.15) is 29.9 Å². The number of cyclic esters (lactones) is 1. The number of hydrogen-bond donors (Lipinski definition) is 2. The summed E-state index contributed by atoms with van der Waals surface area (Å²) in [6.07, 6.45) is 4.01. The van der Waals surface area contributed by atoms with E-state index in [1.54, 1.807) is 0 Å². The van der Waals surface area contributed by atoms with Gasteiger partial charge >= 0.3 is 5.97 Å². The van der Waals surface area contributed by atoms with Crippen LogP contribution in [0.15, 0.2) is 133 Å². The lowest BCUT2D eigenvalue weighted by atomic mass is 9.65. The zero-order chi connectivity index (χ0) is 43.3. The molecule has 0 bridgehead atoms. The number of rotatable bonds is 10. The van der Waals surface area contributed by atoms with Gasteiger partial charge in [-0.15, -0.1) is 0 Å². The van der Waals surface area contributed by atoms with Crippen molar-refractivity contribution < 1.29 is 29.0 Å². The number of amides is 2. The highest BCUT2D eigenvalue weighted by atomic mass is 16.6. The summed E-state index contributed by atoms with van der Waals surface area (Å²) in [5.74, 6) is 4.94. The first kappa shape index (κ1) is 42.1. The maximum Gasteiger partial charge on any atom is 0.324 e. The Bertz CT molecular complexity index is 2480. The van der Waals surface area contributed by atoms with E-state index in [4.69, 9.17) is 9.47 Å². The van der Waals surface area contributed by atoms with Crippen molar-refractivity contribution in [1.82, 2.24) is 14.7 Å². The fourth-order valence-corrected chi connectivity index (χ4v) is 10.5. The Labute approximate surface area is 369 Å². The first-order chi connectivity index (χ1) is 30.9. The van der Waals surface area contributed by atoms with Crippen LogP contribution in [0.2, 0.25) is 0 Å². The number of hydrogen-bond acceptors (Lipinski definition) is 8. The van der Waals surface area contributed by atoms with Gasteiger partial charge in [0.25, 0.3) is 0 Å². The highest BCUT2D eigenvalue weighted by Crippen LogP contribution is 2.65. The molecule has 322 valence electrons. The van der Waals surface area contributed by atoms with E-state index in [1.165, 1.54) is 5.56 Å². The zero-order valence-electron chi connectivity index (χ0n) is 35.7. The first-order valence-electron chi connectivity index (χ1n) is 22.3. The Kier molecular flexibility index (Phi) is 12.4. The standard InChI is InChI=1S/C53H54N4O6/c1-55(36-38-18-8-5-9-19-38)29-17-20-37-27-28-44-43(34-37)53(52(61)54-44)45(50(59)56-30-14-3-2-4-15-31-56)47-51(60)63-48(40-23-12-7-13-24-40)46(39-21-10-6-11-22-39)57(47)49(53)41-25-16-26-42(35-41)62-33-32-58/h5-13,16,18-19,21-28,34-35,45-49,58H,2-4,14-15,29-33,36H2,1H3,(H,54,61)/t45-,46-,47-,48+,49+,53-/m1/s1. The normalized spacial score (nSPS) is 24.4. The van der Waals surface area contributed by atoms with Crippen molar-refractivity contribution in [3.8, 4) is 17.6 Å². The third-order valence-electron chi connectivity index (χ3n) is 13.2. The Morgan fingerprint density at radius 2 is 1.48 bits per heavy atom. The molecule has 0 radical (unpaired) electrons. The zero-order valence-corrected chi connectivity index (χ0v) is 35.7. The van der Waals surface area contributed by atoms with E-state index in [0.717, 1.165) is 49.8 Å². The third-order valence-corrected chi connectivity index (χ3v) is 13.2. The molecule has 3 fully saturated rings. The largest absolute Gasteiger partial charge is 0.491 e. The van der Waals surface area contributed by atoms with E-state index < -0.39 is 41.5 Å². The average Bonchev–Trinajstić information content (AvgIpc) is 3.77. The van der Waals surface area contributed by atoms with Crippen molar-refractivity contribution in [1.29, 1.82) is 0 Å². The smallest absolute Gasteiger partial charge is 0.324 e. The maximum absolute atomic E-state index is 15.9. The number of carbonyl (C=O) groups is 3. The minimum absolute atomic E-state index is 0.0720. The molecule has 9 rings (SSSR count). The summed E-state index contributed by atoms with van der Waals surface area (Å²) >= 11 is 0. The lowest BCUT2D eigenvalue weighted by molar-refractivity contribution is -0.179. The van der Waals surface area contributed by atoms with E-state index in [0.29, 0.717) is 47.8 Å². The van der Waals surface area contributed by atoms with Gasteiger partial charge in [0.15, 0.2) is 0 Å². The number of anilines is 1. The topological polar surface area (TPSA) is 112 Å². The summed E-state index contributed by atoms with van der Waals surface area (Å²) < 4.78 is 12.7. The molecule has 5 aromatic rings. The Morgan fingerprint density at radius 3 is 2.19 bits per heavy atom. The molecule has 4 aliphatic rings. The molecule has 10 heteroatoms. The monoisotopic (exact) mass is 842 g/mol. The van der Waals surface area contributed by atoms with E-state index in [1.807, 2.05) is 133 Å². The quantitative estimate of drug-likeness (QED) is 0.109. The molecule has 1 spiro atoms. The molecule has 4 heterocycles. The van der Waals surface area contributed by atoms with Crippen molar-refractivity contribution in [2.45, 2.75) is 68.3 Å². The molecule has 6 atom stereocenters. The van der Waals surface area contributed by atoms with Crippen LogP contribution in [0, 0.1) is 17.8 Å². The molecule has 3 saturated heterocycles. The molecule has 0 aliphatic carbocycles. The minimum atomic E-state index is -1.62. The number of likely N-dealkylation sites (tertiary alicyclic amines) is 1. The second kappa shape index (κ2) is 18.6. The number of nitrogens with one attached hydrogen (secondary N) is 1. The van der Waals surface area contributed by atoms with Gasteiger partial charge < -0.3 is 24.8 Å². The summed E-state index contributed by atoms with van der Waals surface area (Å²) in [6, 6.07) is 40.6. The van der Waals surface area contributed by atoms with Crippen molar-refractivity contribution in [2.24, 2.45) is 5.92 Å². The molecule has 10 nitrogen and oxygen atoms in total. The predicted octanol–water partition coefficient (Wildman–Crippen LogP) is 7.60. The number of aliphatic hydroxyl groups excluding tert-OH is 1. The van der Waals surface area contributed by atoms with Gasteiger partial charge in [-0.2, -0.15) is 0 Å². The number of morpholine rings is 1. The SMILES string of the molecule is CN(CC#Cc1ccc2c(c1)[C@]1(C(=O)N2)[C@H](c2cccc(OCCO)c2)N2[C@H](c3ccccc3)[C@H](c3ccccc3)OC(=O)[C@H]2[C@@H]1C(=O)N1CCCCCCC1)Cc1ccccc1. The van der Waals surface area contributed by atoms with E-state index in [9.17, 15) is 5.11 Å². The van der Waals surface area contributed by atoms with Gasteiger partial charge in [0.05, 0.1) is 31.2 Å². The number of carbonyl (C=O) groups excluding carboxylic acids is 3. The lowest BCUT2D eigenvalue weighted by Gasteiger charge is -2.46.